The highest BCUT2D eigenvalue weighted by Gasteiger charge is 2.29. The number of aromatic nitrogens is 2. The number of rotatable bonds is 5. The molecule has 0 radical (unpaired) electrons. The molecule has 1 aromatic heterocycles. The summed E-state index contributed by atoms with van der Waals surface area (Å²) >= 11 is 0. The minimum Gasteiger partial charge on any atom is -0.310 e. The van der Waals surface area contributed by atoms with Crippen molar-refractivity contribution in [3.63, 3.8) is 0 Å². The van der Waals surface area contributed by atoms with Gasteiger partial charge < -0.3 is 5.32 Å². The lowest BCUT2D eigenvalue weighted by atomic mass is 10.2. The highest BCUT2D eigenvalue weighted by Crippen LogP contribution is 2.39. The molecule has 2 fully saturated rings. The Labute approximate surface area is 90.9 Å². The topological polar surface area (TPSA) is 29.9 Å². The summed E-state index contributed by atoms with van der Waals surface area (Å²) < 4.78 is 2.14. The van der Waals surface area contributed by atoms with E-state index >= 15 is 0 Å². The minimum atomic E-state index is 0.597. The third kappa shape index (κ3) is 2.23. The van der Waals surface area contributed by atoms with Gasteiger partial charge in [0.05, 0.1) is 12.2 Å². The van der Waals surface area contributed by atoms with Gasteiger partial charge in [0.2, 0.25) is 0 Å². The average Bonchev–Trinajstić information content (AvgIpc) is 3.13. The second kappa shape index (κ2) is 3.63. The van der Waals surface area contributed by atoms with Gasteiger partial charge in [-0.05, 0) is 38.5 Å². The highest BCUT2D eigenvalue weighted by atomic mass is 15.3. The standard InChI is InChI=1S/C12H19N3/c1-9(11-2-3-11)15-8-10(7-14-15)6-13-12-4-5-12/h7-9,11-13H,2-6H2,1H3. The Bertz CT molecular complexity index is 336. The van der Waals surface area contributed by atoms with Gasteiger partial charge in [-0.15, -0.1) is 0 Å². The molecule has 3 nitrogen and oxygen atoms in total. The van der Waals surface area contributed by atoms with Crippen LogP contribution >= 0.6 is 0 Å². The molecule has 1 heterocycles. The second-order valence-electron chi connectivity index (χ2n) is 5.06. The van der Waals surface area contributed by atoms with E-state index in [4.69, 9.17) is 0 Å². The Morgan fingerprint density at radius 1 is 1.47 bits per heavy atom. The van der Waals surface area contributed by atoms with Crippen LogP contribution in [0.3, 0.4) is 0 Å². The third-order valence-electron chi connectivity index (χ3n) is 3.55. The van der Waals surface area contributed by atoms with E-state index in [0.717, 1.165) is 18.5 Å². The van der Waals surface area contributed by atoms with Crippen LogP contribution in [0, 0.1) is 5.92 Å². The monoisotopic (exact) mass is 205 g/mol. The van der Waals surface area contributed by atoms with E-state index in [0.29, 0.717) is 6.04 Å². The van der Waals surface area contributed by atoms with Crippen LogP contribution in [0.15, 0.2) is 12.4 Å². The Kier molecular flexibility index (Phi) is 2.28. The summed E-state index contributed by atoms with van der Waals surface area (Å²) in [6.45, 7) is 3.27. The molecule has 0 saturated heterocycles. The van der Waals surface area contributed by atoms with E-state index in [1.54, 1.807) is 0 Å². The maximum atomic E-state index is 4.45. The maximum Gasteiger partial charge on any atom is 0.0534 e. The first-order valence-corrected chi connectivity index (χ1v) is 6.09. The van der Waals surface area contributed by atoms with Gasteiger partial charge in [0.1, 0.15) is 0 Å². The largest absolute Gasteiger partial charge is 0.310 e. The molecule has 3 rings (SSSR count). The van der Waals surface area contributed by atoms with Gasteiger partial charge in [0.15, 0.2) is 0 Å². The fourth-order valence-electron chi connectivity index (χ4n) is 2.04. The quantitative estimate of drug-likeness (QED) is 0.798. The van der Waals surface area contributed by atoms with Gasteiger partial charge in [-0.2, -0.15) is 5.10 Å². The fourth-order valence-corrected chi connectivity index (χ4v) is 2.04. The van der Waals surface area contributed by atoms with Gasteiger partial charge in [0.25, 0.3) is 0 Å². The lowest BCUT2D eigenvalue weighted by Crippen LogP contribution is -2.14. The van der Waals surface area contributed by atoms with Crippen LogP contribution < -0.4 is 5.32 Å². The van der Waals surface area contributed by atoms with Gasteiger partial charge >= 0.3 is 0 Å². The van der Waals surface area contributed by atoms with Gasteiger partial charge in [-0.1, -0.05) is 0 Å². The Hall–Kier alpha value is -0.830. The van der Waals surface area contributed by atoms with E-state index in [9.17, 15) is 0 Å². The van der Waals surface area contributed by atoms with Crippen molar-refractivity contribution in [2.45, 2.75) is 51.2 Å². The van der Waals surface area contributed by atoms with Crippen LogP contribution in [0.2, 0.25) is 0 Å². The Balaban J connectivity index is 1.58. The van der Waals surface area contributed by atoms with Crippen molar-refractivity contribution in [2.24, 2.45) is 5.92 Å². The molecule has 0 aromatic carbocycles. The van der Waals surface area contributed by atoms with Crippen molar-refractivity contribution in [3.8, 4) is 0 Å². The lowest BCUT2D eigenvalue weighted by molar-refractivity contribution is 0.439. The smallest absolute Gasteiger partial charge is 0.0534 e. The maximum absolute atomic E-state index is 4.45. The normalized spacial score (nSPS) is 23.0. The zero-order valence-corrected chi connectivity index (χ0v) is 9.32. The van der Waals surface area contributed by atoms with Crippen LogP contribution in [0.1, 0.15) is 44.2 Å². The SMILES string of the molecule is CC(C1CC1)n1cc(CNC2CC2)cn1. The van der Waals surface area contributed by atoms with E-state index in [1.807, 2.05) is 6.20 Å². The molecule has 0 spiro atoms. The molecule has 1 N–H and O–H groups in total. The first kappa shape index (κ1) is 9.40. The van der Waals surface area contributed by atoms with Crippen molar-refractivity contribution >= 4 is 0 Å². The Morgan fingerprint density at radius 2 is 2.27 bits per heavy atom. The molecular weight excluding hydrogens is 186 g/mol. The molecule has 1 unspecified atom stereocenters. The van der Waals surface area contributed by atoms with Crippen LogP contribution in [0.4, 0.5) is 0 Å². The molecule has 82 valence electrons. The van der Waals surface area contributed by atoms with E-state index in [2.05, 4.69) is 28.2 Å². The van der Waals surface area contributed by atoms with Crippen LogP contribution in [0.25, 0.3) is 0 Å². The summed E-state index contributed by atoms with van der Waals surface area (Å²) in [5, 5.41) is 7.97. The van der Waals surface area contributed by atoms with E-state index < -0.39 is 0 Å². The predicted octanol–water partition coefficient (Wildman–Crippen LogP) is 2.11. The number of hydrogen-bond acceptors (Lipinski definition) is 2. The van der Waals surface area contributed by atoms with E-state index in [-0.39, 0.29) is 0 Å². The van der Waals surface area contributed by atoms with Crippen LogP contribution in [-0.2, 0) is 6.54 Å². The van der Waals surface area contributed by atoms with Crippen molar-refractivity contribution in [1.29, 1.82) is 0 Å². The number of nitrogens with zero attached hydrogens (tertiary/aromatic N) is 2. The molecule has 2 aliphatic carbocycles. The Morgan fingerprint density at radius 3 is 2.93 bits per heavy atom. The molecule has 1 atom stereocenters. The predicted molar refractivity (Wildman–Crippen MR) is 59.5 cm³/mol. The lowest BCUT2D eigenvalue weighted by Gasteiger charge is -2.09. The molecule has 3 heteroatoms. The number of hydrogen-bond donors (Lipinski definition) is 1. The summed E-state index contributed by atoms with van der Waals surface area (Å²) in [6.07, 6.45) is 9.69. The van der Waals surface area contributed by atoms with Crippen LogP contribution in [-0.4, -0.2) is 15.8 Å². The summed E-state index contributed by atoms with van der Waals surface area (Å²) in [5.74, 6) is 0.883. The summed E-state index contributed by atoms with van der Waals surface area (Å²) in [4.78, 5) is 0. The van der Waals surface area contributed by atoms with Gasteiger partial charge in [-0.3, -0.25) is 4.68 Å². The molecule has 15 heavy (non-hydrogen) atoms. The first-order chi connectivity index (χ1) is 7.33. The third-order valence-corrected chi connectivity index (χ3v) is 3.55. The molecule has 0 aliphatic heterocycles. The number of nitrogens with one attached hydrogen (secondary N) is 1. The van der Waals surface area contributed by atoms with E-state index in [1.165, 1.54) is 31.2 Å². The van der Waals surface area contributed by atoms with Gasteiger partial charge in [0, 0.05) is 24.3 Å². The molecule has 0 bridgehead atoms. The molecule has 0 amide bonds. The summed E-state index contributed by atoms with van der Waals surface area (Å²) in [7, 11) is 0. The minimum absolute atomic E-state index is 0.597. The molecular formula is C12H19N3. The summed E-state index contributed by atoms with van der Waals surface area (Å²) in [6, 6.07) is 1.38. The fraction of sp³-hybridized carbons (Fsp3) is 0.750. The zero-order chi connectivity index (χ0) is 10.3. The van der Waals surface area contributed by atoms with Crippen molar-refractivity contribution < 1.29 is 0 Å². The molecule has 2 saturated carbocycles. The van der Waals surface area contributed by atoms with Crippen molar-refractivity contribution in [1.82, 2.24) is 15.1 Å². The van der Waals surface area contributed by atoms with Gasteiger partial charge in [-0.25, -0.2) is 0 Å². The van der Waals surface area contributed by atoms with Crippen LogP contribution in [0.5, 0.6) is 0 Å². The van der Waals surface area contributed by atoms with Crippen molar-refractivity contribution in [3.05, 3.63) is 18.0 Å². The van der Waals surface area contributed by atoms with Crippen molar-refractivity contribution in [2.75, 3.05) is 0 Å². The molecule has 1 aromatic rings. The highest BCUT2D eigenvalue weighted by molar-refractivity contribution is 5.05. The first-order valence-electron chi connectivity index (χ1n) is 6.09. The zero-order valence-electron chi connectivity index (χ0n) is 9.32. The second-order valence-corrected chi connectivity index (χ2v) is 5.06. The molecule has 2 aliphatic rings. The average molecular weight is 205 g/mol. The summed E-state index contributed by atoms with van der Waals surface area (Å²) in [5.41, 5.74) is 1.33.